The average molecular weight is 453 g/mol. The zero-order valence-electron chi connectivity index (χ0n) is 18.8. The molecule has 10 nitrogen and oxygen atoms in total. The van der Waals surface area contributed by atoms with Crippen LogP contribution < -0.4 is 10.1 Å². The maximum atomic E-state index is 9.74. The topological polar surface area (TPSA) is 127 Å². The van der Waals surface area contributed by atoms with Gasteiger partial charge in [-0.1, -0.05) is 19.6 Å². The second-order valence-electron chi connectivity index (χ2n) is 9.30. The second kappa shape index (κ2) is 8.72. The Morgan fingerprint density at radius 2 is 2.06 bits per heavy atom. The van der Waals surface area contributed by atoms with Crippen molar-refractivity contribution >= 4 is 36.5 Å². The molecular formula is C21H28N8O2Si. The van der Waals surface area contributed by atoms with Crippen LogP contribution in [0.1, 0.15) is 18.4 Å². The number of rotatable bonds is 9. The van der Waals surface area contributed by atoms with Gasteiger partial charge in [-0.25, -0.2) is 0 Å². The fourth-order valence-electron chi connectivity index (χ4n) is 3.37. The van der Waals surface area contributed by atoms with Gasteiger partial charge in [-0.15, -0.1) is 0 Å². The van der Waals surface area contributed by atoms with E-state index in [1.165, 1.54) is 0 Å². The number of ether oxygens (including phenoxy) is 2. The predicted octanol–water partition coefficient (Wildman–Crippen LogP) is 3.65. The molecule has 1 saturated carbocycles. The summed E-state index contributed by atoms with van der Waals surface area (Å²) in [4.78, 5) is 9.21. The zero-order chi connectivity index (χ0) is 22.9. The number of anilines is 2. The van der Waals surface area contributed by atoms with E-state index in [4.69, 9.17) is 14.9 Å². The molecule has 3 aromatic heterocycles. The molecule has 0 radical (unpaired) electrons. The Balaban J connectivity index is 1.67. The molecule has 168 valence electrons. The summed E-state index contributed by atoms with van der Waals surface area (Å²) in [5, 5.41) is 25.3. The Kier molecular flexibility index (Phi) is 5.99. The predicted molar refractivity (Wildman–Crippen MR) is 124 cm³/mol. The van der Waals surface area contributed by atoms with Gasteiger partial charge < -0.3 is 24.8 Å². The Morgan fingerprint density at radius 1 is 1.28 bits per heavy atom. The first-order chi connectivity index (χ1) is 15.2. The fraction of sp³-hybridized carbons (Fsp3) is 0.476. The summed E-state index contributed by atoms with van der Waals surface area (Å²) in [6.45, 7) is 7.88. The van der Waals surface area contributed by atoms with Crippen LogP contribution in [0.5, 0.6) is 5.88 Å². The van der Waals surface area contributed by atoms with Gasteiger partial charge in [0.1, 0.15) is 18.9 Å². The lowest BCUT2D eigenvalue weighted by molar-refractivity contribution is 0.0898. The Bertz CT molecular complexity index is 1180. The van der Waals surface area contributed by atoms with Crippen molar-refractivity contribution < 1.29 is 9.47 Å². The molecule has 4 rings (SSSR count). The highest BCUT2D eigenvalue weighted by Crippen LogP contribution is 2.33. The monoisotopic (exact) mass is 452 g/mol. The molecule has 0 spiro atoms. The lowest BCUT2D eigenvalue weighted by Crippen LogP contribution is -2.33. The van der Waals surface area contributed by atoms with Crippen LogP contribution in [0.4, 0.5) is 11.6 Å². The Labute approximate surface area is 187 Å². The molecule has 1 fully saturated rings. The molecule has 0 bridgehead atoms. The van der Waals surface area contributed by atoms with Gasteiger partial charge in [-0.3, -0.25) is 4.68 Å². The van der Waals surface area contributed by atoms with Gasteiger partial charge in [0.2, 0.25) is 11.8 Å². The summed E-state index contributed by atoms with van der Waals surface area (Å²) in [5.74, 6) is 0.692. The lowest BCUT2D eigenvalue weighted by Gasteiger charge is -2.27. The smallest absolute Gasteiger partial charge is 0.232 e. The number of fused-ring (bicyclic) bond motifs is 1. The highest BCUT2D eigenvalue weighted by atomic mass is 28.3. The van der Waals surface area contributed by atoms with Crippen molar-refractivity contribution in [3.8, 4) is 11.9 Å². The van der Waals surface area contributed by atoms with Crippen molar-refractivity contribution in [1.29, 1.82) is 10.7 Å². The van der Waals surface area contributed by atoms with E-state index in [1.54, 1.807) is 17.1 Å². The van der Waals surface area contributed by atoms with Gasteiger partial charge in [0, 0.05) is 52.7 Å². The maximum absolute atomic E-state index is 9.74. The lowest BCUT2D eigenvalue weighted by atomic mass is 9.93. The molecule has 3 heterocycles. The highest BCUT2D eigenvalue weighted by Gasteiger charge is 2.28. The second-order valence-corrected chi connectivity index (χ2v) is 14.9. The molecule has 0 aromatic carbocycles. The first kappa shape index (κ1) is 22.0. The quantitative estimate of drug-likeness (QED) is 0.375. The van der Waals surface area contributed by atoms with Crippen LogP contribution in [0.15, 0.2) is 18.6 Å². The number of hydrogen-bond donors (Lipinski definition) is 2. The van der Waals surface area contributed by atoms with Gasteiger partial charge in [-0.05, 0) is 6.04 Å². The molecule has 0 aliphatic heterocycles. The molecule has 0 saturated heterocycles. The summed E-state index contributed by atoms with van der Waals surface area (Å²) in [5.41, 5.74) is 2.41. The minimum absolute atomic E-state index is 0.116. The highest BCUT2D eigenvalue weighted by molar-refractivity contribution is 6.76. The molecule has 0 atom stereocenters. The molecule has 1 aliphatic rings. The maximum Gasteiger partial charge on any atom is 0.232 e. The van der Waals surface area contributed by atoms with E-state index in [2.05, 4.69) is 46.1 Å². The minimum atomic E-state index is -1.20. The molecule has 3 aromatic rings. The third kappa shape index (κ3) is 4.98. The Hall–Kier alpha value is -3.23. The molecule has 0 amide bonds. The van der Waals surface area contributed by atoms with Crippen LogP contribution in [0.25, 0.3) is 11.0 Å². The fourth-order valence-corrected chi connectivity index (χ4v) is 4.12. The standard InChI is InChI=1S/C21H28N8O2Si/c1-28-12-16(10-24-28)25-21-26-19-18(20(27-21)31-17-7-15(23)8-17)14(9-22)11-29(19)13-30-5-6-32(2,3)4/h10-12,17,23H,5-8,13H2,1-4H3,(H,25,26,27). The molecule has 11 heteroatoms. The van der Waals surface area contributed by atoms with Crippen molar-refractivity contribution in [3.63, 3.8) is 0 Å². The largest absolute Gasteiger partial charge is 0.473 e. The molecule has 1 aliphatic carbocycles. The molecule has 32 heavy (non-hydrogen) atoms. The third-order valence-electron chi connectivity index (χ3n) is 5.22. The minimum Gasteiger partial charge on any atom is -0.473 e. The van der Waals surface area contributed by atoms with Crippen LogP contribution >= 0.6 is 0 Å². The van der Waals surface area contributed by atoms with Crippen molar-refractivity contribution in [3.05, 3.63) is 24.2 Å². The summed E-state index contributed by atoms with van der Waals surface area (Å²) < 4.78 is 15.5. The van der Waals surface area contributed by atoms with Crippen LogP contribution in [-0.2, 0) is 18.5 Å². The van der Waals surface area contributed by atoms with Crippen molar-refractivity contribution in [2.45, 2.75) is 51.4 Å². The van der Waals surface area contributed by atoms with Gasteiger partial charge in [0.25, 0.3) is 0 Å². The van der Waals surface area contributed by atoms with Gasteiger partial charge in [0.05, 0.1) is 22.8 Å². The van der Waals surface area contributed by atoms with Crippen molar-refractivity contribution in [2.24, 2.45) is 7.05 Å². The number of hydrogen-bond acceptors (Lipinski definition) is 8. The van der Waals surface area contributed by atoms with Crippen molar-refractivity contribution in [2.75, 3.05) is 11.9 Å². The van der Waals surface area contributed by atoms with Crippen LogP contribution in [0, 0.1) is 16.7 Å². The zero-order valence-corrected chi connectivity index (χ0v) is 19.8. The number of aromatic nitrogens is 5. The third-order valence-corrected chi connectivity index (χ3v) is 6.92. The number of nitrogens with zero attached hydrogens (tertiary/aromatic N) is 6. The van der Waals surface area contributed by atoms with E-state index in [0.717, 1.165) is 11.7 Å². The summed E-state index contributed by atoms with van der Waals surface area (Å²) in [6, 6.07) is 3.29. The number of aryl methyl sites for hydroxylation is 1. The van der Waals surface area contributed by atoms with E-state index in [-0.39, 0.29) is 6.10 Å². The summed E-state index contributed by atoms with van der Waals surface area (Å²) in [6.07, 6.45) is 6.26. The SMILES string of the molecule is Cn1cc(Nc2nc(OC3CC(=N)C3)c3c(C#N)cn(COCC[Si](C)(C)C)c3n2)cn1. The first-order valence-electron chi connectivity index (χ1n) is 10.6. The average Bonchev–Trinajstić information content (AvgIpc) is 3.26. The van der Waals surface area contributed by atoms with Crippen LogP contribution in [-0.4, -0.2) is 50.8 Å². The number of nitriles is 1. The summed E-state index contributed by atoms with van der Waals surface area (Å²) >= 11 is 0. The van der Waals surface area contributed by atoms with E-state index in [0.29, 0.717) is 60.3 Å². The first-order valence-corrected chi connectivity index (χ1v) is 14.3. The normalized spacial score (nSPS) is 16.1. The van der Waals surface area contributed by atoms with Crippen molar-refractivity contribution in [1.82, 2.24) is 24.3 Å². The van der Waals surface area contributed by atoms with Gasteiger partial charge >= 0.3 is 0 Å². The molecular weight excluding hydrogens is 424 g/mol. The van der Waals surface area contributed by atoms with Gasteiger partial charge in [-0.2, -0.15) is 20.3 Å². The summed E-state index contributed by atoms with van der Waals surface area (Å²) in [7, 11) is 0.632. The van der Waals surface area contributed by atoms with E-state index in [9.17, 15) is 5.26 Å². The molecule has 0 unspecified atom stereocenters. The number of nitrogens with one attached hydrogen (secondary N) is 2. The van der Waals surface area contributed by atoms with Gasteiger partial charge in [0.15, 0.2) is 5.65 Å². The van der Waals surface area contributed by atoms with E-state index in [1.807, 2.05) is 17.8 Å². The van der Waals surface area contributed by atoms with E-state index < -0.39 is 8.07 Å². The van der Waals surface area contributed by atoms with Crippen LogP contribution in [0.3, 0.4) is 0 Å². The Morgan fingerprint density at radius 3 is 2.69 bits per heavy atom. The van der Waals surface area contributed by atoms with Crippen LogP contribution in [0.2, 0.25) is 25.7 Å². The molecule has 2 N–H and O–H groups in total. The van der Waals surface area contributed by atoms with E-state index >= 15 is 0 Å².